The van der Waals surface area contributed by atoms with E-state index < -0.39 is 5.60 Å². The molecule has 15 heavy (non-hydrogen) atoms. The zero-order chi connectivity index (χ0) is 10.9. The first-order valence-electron chi connectivity index (χ1n) is 5.74. The van der Waals surface area contributed by atoms with Crippen LogP contribution in [0.1, 0.15) is 44.4 Å². The lowest BCUT2D eigenvalue weighted by molar-refractivity contribution is -0.0245. The summed E-state index contributed by atoms with van der Waals surface area (Å²) in [6, 6.07) is 4.19. The molecule has 0 saturated heterocycles. The van der Waals surface area contributed by atoms with Crippen molar-refractivity contribution in [3.63, 3.8) is 0 Å². The van der Waals surface area contributed by atoms with E-state index in [9.17, 15) is 5.11 Å². The molecular formula is C13H20OS. The van der Waals surface area contributed by atoms with Crippen LogP contribution < -0.4 is 0 Å². The fourth-order valence-electron chi connectivity index (χ4n) is 2.31. The average Bonchev–Trinajstić information content (AvgIpc) is 2.64. The second kappa shape index (κ2) is 3.91. The van der Waals surface area contributed by atoms with Crippen molar-refractivity contribution in [3.8, 4) is 0 Å². The van der Waals surface area contributed by atoms with Gasteiger partial charge in [0, 0.05) is 11.3 Å². The molecular weight excluding hydrogens is 204 g/mol. The monoisotopic (exact) mass is 224 g/mol. The average molecular weight is 224 g/mol. The molecule has 0 aromatic carbocycles. The molecule has 1 saturated carbocycles. The second-order valence-corrected chi connectivity index (χ2v) is 6.68. The maximum absolute atomic E-state index is 10.5. The maximum Gasteiger partial charge on any atom is 0.0696 e. The van der Waals surface area contributed by atoms with E-state index in [0.717, 1.165) is 32.1 Å². The van der Waals surface area contributed by atoms with Gasteiger partial charge in [-0.1, -0.05) is 19.9 Å². The van der Waals surface area contributed by atoms with Gasteiger partial charge in [-0.05, 0) is 42.5 Å². The third kappa shape index (κ3) is 2.82. The second-order valence-electron chi connectivity index (χ2n) is 5.64. The van der Waals surface area contributed by atoms with Gasteiger partial charge in [0.25, 0.3) is 0 Å². The number of aliphatic hydroxyl groups is 1. The third-order valence-electron chi connectivity index (χ3n) is 3.62. The van der Waals surface area contributed by atoms with Crippen LogP contribution in [-0.4, -0.2) is 10.7 Å². The normalized spacial score (nSPS) is 23.9. The van der Waals surface area contributed by atoms with Crippen molar-refractivity contribution in [1.29, 1.82) is 0 Å². The Morgan fingerprint density at radius 2 is 1.93 bits per heavy atom. The molecule has 1 aromatic rings. The van der Waals surface area contributed by atoms with E-state index in [1.807, 2.05) is 0 Å². The maximum atomic E-state index is 10.5. The van der Waals surface area contributed by atoms with E-state index >= 15 is 0 Å². The highest BCUT2D eigenvalue weighted by molar-refractivity contribution is 7.09. The predicted molar refractivity (Wildman–Crippen MR) is 65.2 cm³/mol. The van der Waals surface area contributed by atoms with E-state index in [-0.39, 0.29) is 0 Å². The molecule has 1 nitrogen and oxygen atoms in total. The van der Waals surface area contributed by atoms with Crippen molar-refractivity contribution in [3.05, 3.63) is 22.4 Å². The van der Waals surface area contributed by atoms with Crippen LogP contribution in [0.4, 0.5) is 0 Å². The first-order chi connectivity index (χ1) is 6.99. The van der Waals surface area contributed by atoms with Crippen molar-refractivity contribution in [2.45, 2.75) is 51.6 Å². The first-order valence-corrected chi connectivity index (χ1v) is 6.62. The Balaban J connectivity index is 1.98. The van der Waals surface area contributed by atoms with Gasteiger partial charge in [-0.15, -0.1) is 11.3 Å². The largest absolute Gasteiger partial charge is 0.390 e. The summed E-state index contributed by atoms with van der Waals surface area (Å²) < 4.78 is 0. The zero-order valence-corrected chi connectivity index (χ0v) is 10.4. The third-order valence-corrected chi connectivity index (χ3v) is 4.49. The molecule has 0 spiro atoms. The fraction of sp³-hybridized carbons (Fsp3) is 0.692. The number of hydrogen-bond donors (Lipinski definition) is 1. The molecule has 0 radical (unpaired) electrons. The quantitative estimate of drug-likeness (QED) is 0.813. The summed E-state index contributed by atoms with van der Waals surface area (Å²) in [4.78, 5) is 1.32. The van der Waals surface area contributed by atoms with Crippen LogP contribution >= 0.6 is 11.3 Å². The van der Waals surface area contributed by atoms with Crippen LogP contribution in [0.5, 0.6) is 0 Å². The van der Waals surface area contributed by atoms with Crippen LogP contribution in [0.3, 0.4) is 0 Å². The Morgan fingerprint density at radius 1 is 1.27 bits per heavy atom. The Morgan fingerprint density at radius 3 is 2.47 bits per heavy atom. The molecule has 1 fully saturated rings. The molecule has 0 bridgehead atoms. The minimum atomic E-state index is -0.430. The molecule has 2 rings (SSSR count). The first kappa shape index (κ1) is 11.2. The van der Waals surface area contributed by atoms with Gasteiger partial charge in [-0.2, -0.15) is 0 Å². The molecule has 1 N–H and O–H groups in total. The summed E-state index contributed by atoms with van der Waals surface area (Å²) in [5.74, 6) is 0. The van der Waals surface area contributed by atoms with Gasteiger partial charge in [0.1, 0.15) is 0 Å². The highest BCUT2D eigenvalue weighted by Gasteiger charge is 2.36. The molecule has 2 heteroatoms. The van der Waals surface area contributed by atoms with Crippen LogP contribution in [0.25, 0.3) is 0 Å². The number of rotatable bonds is 2. The van der Waals surface area contributed by atoms with Gasteiger partial charge in [0.05, 0.1) is 5.60 Å². The molecule has 1 aliphatic rings. The van der Waals surface area contributed by atoms with E-state index in [1.165, 1.54) is 4.88 Å². The lowest BCUT2D eigenvalue weighted by Gasteiger charge is -2.40. The van der Waals surface area contributed by atoms with Gasteiger partial charge in [-0.3, -0.25) is 0 Å². The molecule has 1 aromatic heterocycles. The minimum absolute atomic E-state index is 0.430. The summed E-state index contributed by atoms with van der Waals surface area (Å²) >= 11 is 1.76. The molecule has 1 aliphatic carbocycles. The Kier molecular flexibility index (Phi) is 2.91. The van der Waals surface area contributed by atoms with E-state index in [4.69, 9.17) is 0 Å². The van der Waals surface area contributed by atoms with Crippen molar-refractivity contribution < 1.29 is 5.11 Å². The Hall–Kier alpha value is -0.340. The summed E-state index contributed by atoms with van der Waals surface area (Å²) in [5.41, 5.74) is 0.00204. The van der Waals surface area contributed by atoms with E-state index in [1.54, 1.807) is 11.3 Å². The highest BCUT2D eigenvalue weighted by atomic mass is 32.1. The van der Waals surface area contributed by atoms with Gasteiger partial charge >= 0.3 is 0 Å². The van der Waals surface area contributed by atoms with E-state index in [0.29, 0.717) is 5.41 Å². The van der Waals surface area contributed by atoms with Gasteiger partial charge in [0.2, 0.25) is 0 Å². The summed E-state index contributed by atoms with van der Waals surface area (Å²) in [7, 11) is 0. The zero-order valence-electron chi connectivity index (χ0n) is 9.62. The van der Waals surface area contributed by atoms with E-state index in [2.05, 4.69) is 31.4 Å². The summed E-state index contributed by atoms with van der Waals surface area (Å²) in [6.45, 7) is 4.61. The molecule has 0 aliphatic heterocycles. The van der Waals surface area contributed by atoms with Crippen LogP contribution in [-0.2, 0) is 6.42 Å². The van der Waals surface area contributed by atoms with Crippen LogP contribution in [0, 0.1) is 5.41 Å². The van der Waals surface area contributed by atoms with Crippen molar-refractivity contribution in [2.24, 2.45) is 5.41 Å². The fourth-order valence-corrected chi connectivity index (χ4v) is 3.15. The van der Waals surface area contributed by atoms with Gasteiger partial charge < -0.3 is 5.11 Å². The number of hydrogen-bond acceptors (Lipinski definition) is 2. The molecule has 0 unspecified atom stereocenters. The minimum Gasteiger partial charge on any atom is -0.390 e. The topological polar surface area (TPSA) is 20.2 Å². The molecule has 0 atom stereocenters. The van der Waals surface area contributed by atoms with Crippen molar-refractivity contribution in [1.82, 2.24) is 0 Å². The Labute approximate surface area is 96.1 Å². The standard InChI is InChI=1S/C13H20OS/c1-12(2)5-7-13(14,8-6-12)10-11-4-3-9-15-11/h3-4,9,14H,5-8,10H2,1-2H3. The SMILES string of the molecule is CC1(C)CCC(O)(Cc2cccs2)CC1. The van der Waals surface area contributed by atoms with Crippen molar-refractivity contribution >= 4 is 11.3 Å². The molecule has 0 amide bonds. The van der Waals surface area contributed by atoms with Gasteiger partial charge in [0.15, 0.2) is 0 Å². The number of thiophene rings is 1. The predicted octanol–water partition coefficient (Wildman–Crippen LogP) is 3.62. The van der Waals surface area contributed by atoms with Crippen LogP contribution in [0.15, 0.2) is 17.5 Å². The highest BCUT2D eigenvalue weighted by Crippen LogP contribution is 2.41. The van der Waals surface area contributed by atoms with Crippen molar-refractivity contribution in [2.75, 3.05) is 0 Å². The molecule has 84 valence electrons. The lowest BCUT2D eigenvalue weighted by atomic mass is 9.70. The van der Waals surface area contributed by atoms with Crippen LogP contribution in [0.2, 0.25) is 0 Å². The molecule has 1 heterocycles. The van der Waals surface area contributed by atoms with Gasteiger partial charge in [-0.25, -0.2) is 0 Å². The smallest absolute Gasteiger partial charge is 0.0696 e. The summed E-state index contributed by atoms with van der Waals surface area (Å²) in [5, 5.41) is 12.6. The Bertz CT molecular complexity index is 303. The summed E-state index contributed by atoms with van der Waals surface area (Å²) in [6.07, 6.45) is 5.06. The lowest BCUT2D eigenvalue weighted by Crippen LogP contribution is -2.38.